The fraction of sp³-hybridized carbons (Fsp3) is 0.235. The average Bonchev–Trinajstić information content (AvgIpc) is 2.47. The number of esters is 1. The van der Waals surface area contributed by atoms with Crippen molar-refractivity contribution in [3.05, 3.63) is 64.0 Å². The summed E-state index contributed by atoms with van der Waals surface area (Å²) in [5.74, 6) is -1.02. The van der Waals surface area contributed by atoms with Crippen LogP contribution in [0.1, 0.15) is 31.1 Å². The lowest BCUT2D eigenvalue weighted by atomic mass is 10.1. The van der Waals surface area contributed by atoms with E-state index in [2.05, 4.69) is 5.32 Å². The van der Waals surface area contributed by atoms with E-state index in [1.807, 2.05) is 0 Å². The van der Waals surface area contributed by atoms with Crippen molar-refractivity contribution in [1.82, 2.24) is 0 Å². The van der Waals surface area contributed by atoms with E-state index in [4.69, 9.17) is 4.74 Å². The van der Waals surface area contributed by atoms with Gasteiger partial charge in [0.25, 0.3) is 5.69 Å². The lowest BCUT2D eigenvalue weighted by molar-refractivity contribution is -0.384. The molecule has 0 aliphatic carbocycles. The topological polar surface area (TPSA) is 81.5 Å². The second-order valence-electron chi connectivity index (χ2n) is 6.12. The highest BCUT2D eigenvalue weighted by atomic mass is 19.1. The molecule has 0 saturated heterocycles. The Bertz CT molecular complexity index is 767. The van der Waals surface area contributed by atoms with Gasteiger partial charge in [-0.1, -0.05) is 0 Å². The van der Waals surface area contributed by atoms with Crippen LogP contribution in [-0.2, 0) is 4.74 Å². The monoisotopic (exact) mass is 332 g/mol. The summed E-state index contributed by atoms with van der Waals surface area (Å²) in [6.07, 6.45) is 0. The zero-order valence-electron chi connectivity index (χ0n) is 13.5. The van der Waals surface area contributed by atoms with Crippen molar-refractivity contribution in [2.75, 3.05) is 5.32 Å². The SMILES string of the molecule is CC(C)(C)OC(=O)c1ccc([N+](=O)[O-])cc1Nc1ccc(F)cc1. The van der Waals surface area contributed by atoms with E-state index in [1.165, 1.54) is 42.5 Å². The number of halogens is 1. The summed E-state index contributed by atoms with van der Waals surface area (Å²) in [5.41, 5.74) is -0.0232. The van der Waals surface area contributed by atoms with E-state index >= 15 is 0 Å². The van der Waals surface area contributed by atoms with Gasteiger partial charge in [0.15, 0.2) is 0 Å². The first-order valence-corrected chi connectivity index (χ1v) is 7.20. The number of nitro groups is 1. The van der Waals surface area contributed by atoms with Crippen LogP contribution in [0, 0.1) is 15.9 Å². The second kappa shape index (κ2) is 6.66. The number of nitrogens with one attached hydrogen (secondary N) is 1. The molecule has 0 radical (unpaired) electrons. The summed E-state index contributed by atoms with van der Waals surface area (Å²) in [6.45, 7) is 5.18. The molecule has 0 aliphatic rings. The number of non-ortho nitro benzene ring substituents is 1. The normalized spacial score (nSPS) is 11.0. The summed E-state index contributed by atoms with van der Waals surface area (Å²) < 4.78 is 18.3. The van der Waals surface area contributed by atoms with E-state index in [0.29, 0.717) is 5.69 Å². The van der Waals surface area contributed by atoms with Gasteiger partial charge in [0.05, 0.1) is 16.2 Å². The minimum Gasteiger partial charge on any atom is -0.456 e. The van der Waals surface area contributed by atoms with Gasteiger partial charge in [-0.2, -0.15) is 0 Å². The number of carbonyl (C=O) groups is 1. The molecular weight excluding hydrogens is 315 g/mol. The van der Waals surface area contributed by atoms with E-state index in [0.717, 1.165) is 0 Å². The van der Waals surface area contributed by atoms with Crippen LogP contribution in [0.4, 0.5) is 21.5 Å². The van der Waals surface area contributed by atoms with Gasteiger partial charge in [0.2, 0.25) is 0 Å². The molecule has 0 aromatic heterocycles. The Balaban J connectivity index is 2.41. The van der Waals surface area contributed by atoms with E-state index in [-0.39, 0.29) is 16.9 Å². The highest BCUT2D eigenvalue weighted by Gasteiger charge is 2.22. The summed E-state index contributed by atoms with van der Waals surface area (Å²) >= 11 is 0. The third-order valence-corrected chi connectivity index (χ3v) is 2.96. The standard InChI is InChI=1S/C17H17FN2O4/c1-17(2,3)24-16(21)14-9-8-13(20(22)23)10-15(14)19-12-6-4-11(18)5-7-12/h4-10,19H,1-3H3. The number of hydrogen-bond acceptors (Lipinski definition) is 5. The molecule has 24 heavy (non-hydrogen) atoms. The molecule has 0 heterocycles. The van der Waals surface area contributed by atoms with Crippen molar-refractivity contribution in [3.8, 4) is 0 Å². The Morgan fingerprint density at radius 2 is 1.79 bits per heavy atom. The summed E-state index contributed by atoms with van der Waals surface area (Å²) in [5, 5.41) is 13.9. The van der Waals surface area contributed by atoms with Gasteiger partial charge in [-0.3, -0.25) is 10.1 Å². The predicted molar refractivity (Wildman–Crippen MR) is 87.9 cm³/mol. The minimum atomic E-state index is -0.702. The molecule has 0 fully saturated rings. The van der Waals surface area contributed by atoms with Gasteiger partial charge in [0, 0.05) is 17.8 Å². The fourth-order valence-corrected chi connectivity index (χ4v) is 1.95. The quantitative estimate of drug-likeness (QED) is 0.509. The van der Waals surface area contributed by atoms with Gasteiger partial charge < -0.3 is 10.1 Å². The molecule has 0 unspecified atom stereocenters. The maximum absolute atomic E-state index is 13.0. The largest absolute Gasteiger partial charge is 0.456 e. The molecule has 2 rings (SSSR count). The van der Waals surface area contributed by atoms with Gasteiger partial charge in [-0.25, -0.2) is 9.18 Å². The number of carbonyl (C=O) groups excluding carboxylic acids is 1. The maximum Gasteiger partial charge on any atom is 0.340 e. The van der Waals surface area contributed by atoms with Crippen molar-refractivity contribution in [1.29, 1.82) is 0 Å². The number of anilines is 2. The summed E-state index contributed by atoms with van der Waals surface area (Å²) in [4.78, 5) is 22.7. The number of hydrogen-bond donors (Lipinski definition) is 1. The molecule has 1 N–H and O–H groups in total. The average molecular weight is 332 g/mol. The van der Waals surface area contributed by atoms with Crippen LogP contribution in [0.5, 0.6) is 0 Å². The Hall–Kier alpha value is -2.96. The first kappa shape index (κ1) is 17.4. The molecule has 6 nitrogen and oxygen atoms in total. The Labute approximate surface area is 138 Å². The minimum absolute atomic E-state index is 0.153. The Morgan fingerprint density at radius 1 is 1.17 bits per heavy atom. The van der Waals surface area contributed by atoms with Crippen LogP contribution in [0.3, 0.4) is 0 Å². The van der Waals surface area contributed by atoms with Crippen LogP contribution in [-0.4, -0.2) is 16.5 Å². The van der Waals surface area contributed by atoms with Crippen LogP contribution in [0.25, 0.3) is 0 Å². The number of ether oxygens (including phenoxy) is 1. The van der Waals surface area contributed by atoms with Gasteiger partial charge in [0.1, 0.15) is 11.4 Å². The molecule has 2 aromatic carbocycles. The third-order valence-electron chi connectivity index (χ3n) is 2.96. The van der Waals surface area contributed by atoms with E-state index < -0.39 is 22.3 Å². The molecular formula is C17H17FN2O4. The van der Waals surface area contributed by atoms with Gasteiger partial charge >= 0.3 is 5.97 Å². The lowest BCUT2D eigenvalue weighted by Gasteiger charge is -2.20. The molecule has 0 saturated carbocycles. The number of benzene rings is 2. The first-order valence-electron chi connectivity index (χ1n) is 7.20. The van der Waals surface area contributed by atoms with Crippen LogP contribution in [0.2, 0.25) is 0 Å². The van der Waals surface area contributed by atoms with E-state index in [1.54, 1.807) is 20.8 Å². The van der Waals surface area contributed by atoms with Crippen molar-refractivity contribution in [2.45, 2.75) is 26.4 Å². The molecule has 2 aromatic rings. The molecule has 0 atom stereocenters. The summed E-state index contributed by atoms with van der Waals surface area (Å²) in [7, 11) is 0. The smallest absolute Gasteiger partial charge is 0.340 e. The second-order valence-corrected chi connectivity index (χ2v) is 6.12. The molecule has 0 spiro atoms. The Kier molecular flexibility index (Phi) is 4.82. The van der Waals surface area contributed by atoms with Crippen LogP contribution < -0.4 is 5.32 Å². The number of nitro benzene ring substituents is 1. The Morgan fingerprint density at radius 3 is 2.33 bits per heavy atom. The zero-order chi connectivity index (χ0) is 17.9. The highest BCUT2D eigenvalue weighted by molar-refractivity contribution is 5.97. The number of rotatable bonds is 4. The van der Waals surface area contributed by atoms with Gasteiger partial charge in [-0.05, 0) is 51.1 Å². The lowest BCUT2D eigenvalue weighted by Crippen LogP contribution is -2.24. The highest BCUT2D eigenvalue weighted by Crippen LogP contribution is 2.28. The molecule has 0 aliphatic heterocycles. The molecule has 0 amide bonds. The third kappa shape index (κ3) is 4.52. The molecule has 0 bridgehead atoms. The number of nitrogens with zero attached hydrogens (tertiary/aromatic N) is 1. The first-order chi connectivity index (χ1) is 11.2. The zero-order valence-corrected chi connectivity index (χ0v) is 13.5. The van der Waals surface area contributed by atoms with Crippen LogP contribution in [0.15, 0.2) is 42.5 Å². The van der Waals surface area contributed by atoms with Crippen molar-refractivity contribution in [3.63, 3.8) is 0 Å². The van der Waals surface area contributed by atoms with Crippen LogP contribution >= 0.6 is 0 Å². The molecule has 7 heteroatoms. The van der Waals surface area contributed by atoms with Gasteiger partial charge in [-0.15, -0.1) is 0 Å². The summed E-state index contributed by atoms with van der Waals surface area (Å²) in [6, 6.07) is 9.22. The van der Waals surface area contributed by atoms with Crippen molar-refractivity contribution < 1.29 is 18.8 Å². The van der Waals surface area contributed by atoms with E-state index in [9.17, 15) is 19.3 Å². The molecule has 126 valence electrons. The van der Waals surface area contributed by atoms with Crippen molar-refractivity contribution >= 4 is 23.0 Å². The van der Waals surface area contributed by atoms with Crippen molar-refractivity contribution in [2.24, 2.45) is 0 Å². The fourth-order valence-electron chi connectivity index (χ4n) is 1.95. The predicted octanol–water partition coefficient (Wildman–Crippen LogP) is 4.43. The maximum atomic E-state index is 13.0.